The summed E-state index contributed by atoms with van der Waals surface area (Å²) in [6.07, 6.45) is 1.37. The fraction of sp³-hybridized carbons (Fsp3) is 0.163. The van der Waals surface area contributed by atoms with E-state index in [-0.39, 0.29) is 6.42 Å². The number of ether oxygens (including phenoxy) is 1. The van der Waals surface area contributed by atoms with Gasteiger partial charge >= 0.3 is 11.9 Å². The van der Waals surface area contributed by atoms with Crippen molar-refractivity contribution in [1.29, 1.82) is 0 Å². The number of hydrogen-bond acceptors (Lipinski definition) is 8. The van der Waals surface area contributed by atoms with Crippen molar-refractivity contribution < 1.29 is 24.3 Å². The van der Waals surface area contributed by atoms with Gasteiger partial charge in [-0.2, -0.15) is 0 Å². The van der Waals surface area contributed by atoms with E-state index in [1.54, 1.807) is 0 Å². The van der Waals surface area contributed by atoms with E-state index in [1.165, 1.54) is 11.3 Å². The predicted octanol–water partition coefficient (Wildman–Crippen LogP) is 8.97. The van der Waals surface area contributed by atoms with Crippen molar-refractivity contribution >= 4 is 34.6 Å². The first-order valence-corrected chi connectivity index (χ1v) is 18.0. The van der Waals surface area contributed by atoms with Gasteiger partial charge in [-0.05, 0) is 40.7 Å². The summed E-state index contributed by atoms with van der Waals surface area (Å²) >= 11 is 1.43. The highest BCUT2D eigenvalue weighted by molar-refractivity contribution is 7.13. The minimum Gasteiger partial charge on any atom is -0.477 e. The molecule has 1 fully saturated rings. The number of oxime groups is 1. The fourth-order valence-electron chi connectivity index (χ4n) is 7.16. The van der Waals surface area contributed by atoms with Crippen molar-refractivity contribution in [2.24, 2.45) is 5.16 Å². The molecule has 6 aromatic rings. The van der Waals surface area contributed by atoms with E-state index in [1.807, 2.05) is 121 Å². The van der Waals surface area contributed by atoms with Crippen LogP contribution in [0.1, 0.15) is 64.8 Å². The Kier molecular flexibility index (Phi) is 10.2. The number of carbonyl (C=O) groups is 2. The molecule has 260 valence electrons. The third-order valence-electron chi connectivity index (χ3n) is 9.55. The van der Waals surface area contributed by atoms with Crippen molar-refractivity contribution in [2.75, 3.05) is 5.32 Å². The molecule has 5 aromatic carbocycles. The third-order valence-corrected chi connectivity index (χ3v) is 10.3. The third kappa shape index (κ3) is 6.95. The molecular formula is C43H37N3O5S. The molecule has 0 bridgehead atoms. The lowest BCUT2D eigenvalue weighted by molar-refractivity contribution is -0.179. The summed E-state index contributed by atoms with van der Waals surface area (Å²) in [7, 11) is 0. The highest BCUT2D eigenvalue weighted by Crippen LogP contribution is 2.49. The lowest BCUT2D eigenvalue weighted by atomic mass is 9.77. The number of hydrogen-bond donors (Lipinski definition) is 2. The van der Waals surface area contributed by atoms with Crippen LogP contribution in [0.3, 0.4) is 0 Å². The van der Waals surface area contributed by atoms with Crippen molar-refractivity contribution in [1.82, 2.24) is 4.98 Å². The van der Waals surface area contributed by atoms with Crippen LogP contribution in [0.2, 0.25) is 0 Å². The Morgan fingerprint density at radius 3 is 1.75 bits per heavy atom. The highest BCUT2D eigenvalue weighted by Gasteiger charge is 2.56. The summed E-state index contributed by atoms with van der Waals surface area (Å²) in [5.41, 5.74) is 2.89. The summed E-state index contributed by atoms with van der Waals surface area (Å²) in [6.45, 7) is 0. The first-order chi connectivity index (χ1) is 25.5. The normalized spacial score (nSPS) is 17.2. The quantitative estimate of drug-likeness (QED) is 0.0534. The van der Waals surface area contributed by atoms with E-state index in [9.17, 15) is 14.7 Å². The second-order valence-electron chi connectivity index (χ2n) is 12.7. The van der Waals surface area contributed by atoms with Gasteiger partial charge in [0.25, 0.3) is 0 Å². The number of aromatic nitrogens is 1. The van der Waals surface area contributed by atoms with Crippen molar-refractivity contribution in [2.45, 2.75) is 42.4 Å². The van der Waals surface area contributed by atoms with Gasteiger partial charge in [-0.15, -0.1) is 11.3 Å². The van der Waals surface area contributed by atoms with Crippen molar-refractivity contribution in [3.05, 3.63) is 191 Å². The second kappa shape index (κ2) is 15.4. The molecule has 7 rings (SSSR count). The molecule has 1 aromatic heterocycles. The number of anilines is 1. The maximum atomic E-state index is 14.6. The average Bonchev–Trinajstić information content (AvgIpc) is 3.85. The molecule has 0 amide bonds. The Labute approximate surface area is 306 Å². The van der Waals surface area contributed by atoms with Crippen molar-refractivity contribution in [3.8, 4) is 0 Å². The molecule has 1 aliphatic carbocycles. The zero-order chi connectivity index (χ0) is 35.8. The van der Waals surface area contributed by atoms with Gasteiger partial charge in [0.05, 0.1) is 11.6 Å². The molecule has 2 unspecified atom stereocenters. The summed E-state index contributed by atoms with van der Waals surface area (Å²) < 4.78 is 6.35. The van der Waals surface area contributed by atoms with Gasteiger partial charge in [0, 0.05) is 11.8 Å². The van der Waals surface area contributed by atoms with Crippen LogP contribution in [0.5, 0.6) is 0 Å². The van der Waals surface area contributed by atoms with Crippen LogP contribution in [0.4, 0.5) is 5.13 Å². The zero-order valence-corrected chi connectivity index (χ0v) is 29.1. The van der Waals surface area contributed by atoms with Gasteiger partial charge in [-0.1, -0.05) is 157 Å². The van der Waals surface area contributed by atoms with E-state index in [0.717, 1.165) is 27.8 Å². The van der Waals surface area contributed by atoms with Crippen LogP contribution < -0.4 is 5.32 Å². The summed E-state index contributed by atoms with van der Waals surface area (Å²) in [5, 5.41) is 19.6. The van der Waals surface area contributed by atoms with Gasteiger partial charge in [-0.25, -0.2) is 14.6 Å². The van der Waals surface area contributed by atoms with Crippen LogP contribution in [0.25, 0.3) is 0 Å². The molecule has 2 N–H and O–H groups in total. The zero-order valence-electron chi connectivity index (χ0n) is 28.2. The largest absolute Gasteiger partial charge is 0.477 e. The number of nitrogens with zero attached hydrogens (tertiary/aromatic N) is 2. The highest BCUT2D eigenvalue weighted by atomic mass is 32.1. The number of aliphatic carboxylic acids is 1. The Morgan fingerprint density at radius 1 is 0.788 bits per heavy atom. The molecule has 52 heavy (non-hydrogen) atoms. The van der Waals surface area contributed by atoms with Crippen molar-refractivity contribution in [3.63, 3.8) is 0 Å². The minimum atomic E-state index is -1.62. The Morgan fingerprint density at radius 2 is 1.27 bits per heavy atom. The van der Waals surface area contributed by atoms with Gasteiger partial charge in [0.15, 0.2) is 17.5 Å². The Hall–Kier alpha value is -6.06. The summed E-state index contributed by atoms with van der Waals surface area (Å²) in [4.78, 5) is 37.1. The Bertz CT molecular complexity index is 1980. The van der Waals surface area contributed by atoms with E-state index in [4.69, 9.17) is 14.6 Å². The molecule has 9 heteroatoms. The SMILES string of the molecule is O=C(O)/C=N\OC1(C(=O)OC(c2ccccc2)c2ccccc2)CCCC1c1csc(NC(c2ccccc2)(c2ccccc2)c2ccccc2)n1. The topological polar surface area (TPSA) is 110 Å². The lowest BCUT2D eigenvalue weighted by Gasteiger charge is -2.37. The maximum absolute atomic E-state index is 14.6. The number of carboxylic acid groups (broad SMARTS) is 1. The number of carbonyl (C=O) groups excluding carboxylic acids is 1. The average molecular weight is 708 g/mol. The van der Waals surface area contributed by atoms with Gasteiger partial charge in [0.2, 0.25) is 5.60 Å². The summed E-state index contributed by atoms with van der Waals surface area (Å²) in [6, 6.07) is 49.8. The van der Waals surface area contributed by atoms with E-state index < -0.39 is 35.1 Å². The smallest absolute Gasteiger partial charge is 0.355 e. The van der Waals surface area contributed by atoms with Gasteiger partial charge in [0.1, 0.15) is 5.54 Å². The number of thiazole rings is 1. The van der Waals surface area contributed by atoms with E-state index in [0.29, 0.717) is 29.9 Å². The maximum Gasteiger partial charge on any atom is 0.355 e. The molecular weight excluding hydrogens is 671 g/mol. The first-order valence-electron chi connectivity index (χ1n) is 17.2. The lowest BCUT2D eigenvalue weighted by Crippen LogP contribution is -2.45. The molecule has 1 saturated carbocycles. The number of nitrogens with one attached hydrogen (secondary N) is 1. The molecule has 1 heterocycles. The summed E-state index contributed by atoms with van der Waals surface area (Å²) in [5.74, 6) is -2.49. The van der Waals surface area contributed by atoms with Crippen LogP contribution >= 0.6 is 11.3 Å². The number of rotatable bonds is 13. The molecule has 0 saturated heterocycles. The monoisotopic (exact) mass is 707 g/mol. The first kappa shape index (κ1) is 34.4. The minimum absolute atomic E-state index is 0.270. The molecule has 8 nitrogen and oxygen atoms in total. The van der Waals surface area contributed by atoms with Crippen LogP contribution in [0, 0.1) is 0 Å². The van der Waals surface area contributed by atoms with Crippen LogP contribution in [-0.2, 0) is 24.7 Å². The molecule has 2 atom stereocenters. The molecule has 0 spiro atoms. The number of benzene rings is 5. The second-order valence-corrected chi connectivity index (χ2v) is 13.5. The molecule has 0 radical (unpaired) electrons. The van der Waals surface area contributed by atoms with E-state index in [2.05, 4.69) is 46.9 Å². The van der Waals surface area contributed by atoms with Crippen LogP contribution in [-0.4, -0.2) is 33.8 Å². The molecule has 1 aliphatic rings. The molecule has 0 aliphatic heterocycles. The standard InChI is InChI=1S/C43H37N3O5S/c47-38(48)29-44-51-42(40(49)50-39(31-17-6-1-7-18-31)32-19-8-2-9-20-32)28-16-27-36(42)37-30-52-41(45-37)46-43(33-21-10-3-11-22-33,34-23-12-4-13-24-34)35-25-14-5-15-26-35/h1-15,17-26,29-30,36,39H,16,27-28H2,(H,45,46)(H,47,48)/b44-29-. The van der Waals surface area contributed by atoms with Crippen LogP contribution in [0.15, 0.2) is 162 Å². The predicted molar refractivity (Wildman–Crippen MR) is 202 cm³/mol. The fourth-order valence-corrected chi connectivity index (χ4v) is 7.97. The number of carboxylic acids is 1. The van der Waals surface area contributed by atoms with Gasteiger partial charge < -0.3 is 20.0 Å². The number of esters is 1. The van der Waals surface area contributed by atoms with Gasteiger partial charge in [-0.3, -0.25) is 0 Å². The Balaban J connectivity index is 1.28. The van der Waals surface area contributed by atoms with E-state index >= 15 is 0 Å².